The summed E-state index contributed by atoms with van der Waals surface area (Å²) in [7, 11) is -3.65. The molecule has 0 saturated carbocycles. The first-order valence-electron chi connectivity index (χ1n) is 10.1. The zero-order chi connectivity index (χ0) is 21.7. The summed E-state index contributed by atoms with van der Waals surface area (Å²) in [4.78, 5) is 17.1. The van der Waals surface area contributed by atoms with E-state index >= 15 is 0 Å². The summed E-state index contributed by atoms with van der Waals surface area (Å²) < 4.78 is 32.1. The number of ether oxygens (including phenoxy) is 1. The number of carbonyl (C=O) groups excluding carboxylic acids is 1. The van der Waals surface area contributed by atoms with Gasteiger partial charge in [-0.05, 0) is 49.9 Å². The number of hydrogen-bond donors (Lipinski definition) is 0. The molecule has 1 unspecified atom stereocenters. The van der Waals surface area contributed by atoms with Gasteiger partial charge in [0.15, 0.2) is 0 Å². The number of rotatable bonds is 7. The lowest BCUT2D eigenvalue weighted by Crippen LogP contribution is -2.55. The number of carbonyl (C=O) groups is 1. The van der Waals surface area contributed by atoms with Crippen LogP contribution in [0.4, 0.5) is 5.69 Å². The number of nitrogens with zero attached hydrogens (tertiary/aromatic N) is 3. The van der Waals surface area contributed by atoms with Crippen molar-refractivity contribution in [3.05, 3.63) is 54.6 Å². The van der Waals surface area contributed by atoms with E-state index in [9.17, 15) is 13.2 Å². The summed E-state index contributed by atoms with van der Waals surface area (Å²) in [6, 6.07) is 15.3. The molecule has 1 fully saturated rings. The average Bonchev–Trinajstić information content (AvgIpc) is 2.74. The Kier molecular flexibility index (Phi) is 6.99. The van der Waals surface area contributed by atoms with E-state index in [1.54, 1.807) is 36.1 Å². The van der Waals surface area contributed by atoms with Gasteiger partial charge in [0.05, 0.1) is 11.9 Å². The number of likely N-dealkylation sites (N-methyl/N-ethyl adjacent to an activating group) is 1. The molecule has 0 aliphatic carbocycles. The van der Waals surface area contributed by atoms with E-state index in [4.69, 9.17) is 4.74 Å². The van der Waals surface area contributed by atoms with Crippen LogP contribution in [0.1, 0.15) is 13.8 Å². The third-order valence-corrected chi connectivity index (χ3v) is 6.51. The lowest BCUT2D eigenvalue weighted by atomic mass is 10.2. The van der Waals surface area contributed by atoms with Gasteiger partial charge < -0.3 is 14.5 Å². The molecule has 0 spiro atoms. The number of sulfonamides is 1. The molecule has 1 amide bonds. The maximum absolute atomic E-state index is 13.0. The highest BCUT2D eigenvalue weighted by Gasteiger charge is 2.33. The van der Waals surface area contributed by atoms with Gasteiger partial charge in [0.25, 0.3) is 0 Å². The minimum atomic E-state index is -3.65. The molecule has 1 heterocycles. The van der Waals surface area contributed by atoms with Crippen molar-refractivity contribution in [1.29, 1.82) is 0 Å². The van der Waals surface area contributed by atoms with Crippen molar-refractivity contribution in [2.75, 3.05) is 43.3 Å². The Morgan fingerprint density at radius 3 is 2.10 bits per heavy atom. The lowest BCUT2D eigenvalue weighted by Gasteiger charge is -2.37. The van der Waals surface area contributed by atoms with Crippen LogP contribution >= 0.6 is 0 Å². The Balaban J connectivity index is 1.76. The fourth-order valence-electron chi connectivity index (χ4n) is 3.64. The molecule has 0 aromatic heterocycles. The second-order valence-electron chi connectivity index (χ2n) is 7.40. The molecule has 162 valence electrons. The van der Waals surface area contributed by atoms with Gasteiger partial charge in [0.2, 0.25) is 15.9 Å². The van der Waals surface area contributed by atoms with E-state index in [0.29, 0.717) is 30.3 Å². The number of hydrogen-bond acceptors (Lipinski definition) is 5. The molecule has 2 aromatic carbocycles. The van der Waals surface area contributed by atoms with E-state index in [-0.39, 0.29) is 5.91 Å². The smallest absolute Gasteiger partial charge is 0.246 e. The number of amides is 1. The van der Waals surface area contributed by atoms with Gasteiger partial charge in [0, 0.05) is 26.2 Å². The normalized spacial score (nSPS) is 16.2. The molecule has 3 rings (SSSR count). The van der Waals surface area contributed by atoms with Gasteiger partial charge >= 0.3 is 0 Å². The third kappa shape index (κ3) is 5.31. The molecule has 1 aliphatic rings. The van der Waals surface area contributed by atoms with Gasteiger partial charge in [-0.15, -0.1) is 0 Å². The second-order valence-corrected chi connectivity index (χ2v) is 9.26. The SMILES string of the molecule is CCN1CCN(C(=O)C(C)N(c2ccc(Oc3ccccc3)cc2)S(C)(=O)=O)CC1. The van der Waals surface area contributed by atoms with Gasteiger partial charge in [-0.2, -0.15) is 0 Å². The van der Waals surface area contributed by atoms with Crippen molar-refractivity contribution < 1.29 is 17.9 Å². The Morgan fingerprint density at radius 1 is 1.00 bits per heavy atom. The van der Waals surface area contributed by atoms with Gasteiger partial charge in [-0.3, -0.25) is 9.10 Å². The van der Waals surface area contributed by atoms with Gasteiger partial charge in [-0.25, -0.2) is 8.42 Å². The van der Waals surface area contributed by atoms with Gasteiger partial charge in [-0.1, -0.05) is 25.1 Å². The highest BCUT2D eigenvalue weighted by Crippen LogP contribution is 2.27. The maximum atomic E-state index is 13.0. The molecule has 0 N–H and O–H groups in total. The van der Waals surface area contributed by atoms with E-state index in [1.807, 2.05) is 30.3 Å². The Labute approximate surface area is 178 Å². The molecule has 0 bridgehead atoms. The topological polar surface area (TPSA) is 70.2 Å². The van der Waals surface area contributed by atoms with Crippen LogP contribution in [0, 0.1) is 0 Å². The van der Waals surface area contributed by atoms with Crippen molar-refractivity contribution in [3.8, 4) is 11.5 Å². The fourth-order valence-corrected chi connectivity index (χ4v) is 4.81. The molecule has 8 heteroatoms. The average molecular weight is 432 g/mol. The highest BCUT2D eigenvalue weighted by atomic mass is 32.2. The van der Waals surface area contributed by atoms with E-state index in [0.717, 1.165) is 25.9 Å². The summed E-state index contributed by atoms with van der Waals surface area (Å²) in [6.07, 6.45) is 1.13. The van der Waals surface area contributed by atoms with Crippen LogP contribution in [0.3, 0.4) is 0 Å². The first-order valence-corrected chi connectivity index (χ1v) is 12.0. The number of anilines is 1. The van der Waals surface area contributed by atoms with E-state index in [2.05, 4.69) is 11.8 Å². The van der Waals surface area contributed by atoms with Crippen LogP contribution in [0.15, 0.2) is 54.6 Å². The Hall–Kier alpha value is -2.58. The monoisotopic (exact) mass is 431 g/mol. The molecular formula is C22H29N3O4S. The minimum absolute atomic E-state index is 0.180. The molecular weight excluding hydrogens is 402 g/mol. The van der Waals surface area contributed by atoms with Crippen LogP contribution in [-0.2, 0) is 14.8 Å². The van der Waals surface area contributed by atoms with Crippen molar-refractivity contribution in [1.82, 2.24) is 9.80 Å². The lowest BCUT2D eigenvalue weighted by molar-refractivity contribution is -0.133. The van der Waals surface area contributed by atoms with Crippen molar-refractivity contribution >= 4 is 21.6 Å². The molecule has 7 nitrogen and oxygen atoms in total. The Morgan fingerprint density at radius 2 is 1.57 bits per heavy atom. The number of para-hydroxylation sites is 1. The van der Waals surface area contributed by atoms with Crippen LogP contribution in [0.2, 0.25) is 0 Å². The highest BCUT2D eigenvalue weighted by molar-refractivity contribution is 7.92. The molecule has 0 radical (unpaired) electrons. The molecule has 1 aliphatic heterocycles. The summed E-state index contributed by atoms with van der Waals surface area (Å²) in [5.74, 6) is 1.11. The minimum Gasteiger partial charge on any atom is -0.457 e. The predicted octanol–water partition coefficient (Wildman–Crippen LogP) is 2.80. The van der Waals surface area contributed by atoms with E-state index < -0.39 is 16.1 Å². The molecule has 30 heavy (non-hydrogen) atoms. The maximum Gasteiger partial charge on any atom is 0.246 e. The molecule has 1 saturated heterocycles. The number of piperazine rings is 1. The summed E-state index contributed by atoms with van der Waals surface area (Å²) >= 11 is 0. The van der Waals surface area contributed by atoms with Crippen molar-refractivity contribution in [2.45, 2.75) is 19.9 Å². The number of benzene rings is 2. The molecule has 2 aromatic rings. The molecule has 1 atom stereocenters. The van der Waals surface area contributed by atoms with Crippen molar-refractivity contribution in [2.24, 2.45) is 0 Å². The summed E-state index contributed by atoms with van der Waals surface area (Å²) in [5.41, 5.74) is 0.436. The van der Waals surface area contributed by atoms with Crippen LogP contribution in [0.5, 0.6) is 11.5 Å². The van der Waals surface area contributed by atoms with E-state index in [1.165, 1.54) is 4.31 Å². The Bertz CT molecular complexity index is 940. The van der Waals surface area contributed by atoms with Crippen LogP contribution in [0.25, 0.3) is 0 Å². The first kappa shape index (κ1) is 22.1. The second kappa shape index (κ2) is 9.49. The largest absolute Gasteiger partial charge is 0.457 e. The zero-order valence-corrected chi connectivity index (χ0v) is 18.5. The van der Waals surface area contributed by atoms with Crippen LogP contribution < -0.4 is 9.04 Å². The first-order chi connectivity index (χ1) is 14.3. The van der Waals surface area contributed by atoms with Crippen molar-refractivity contribution in [3.63, 3.8) is 0 Å². The van der Waals surface area contributed by atoms with Gasteiger partial charge in [0.1, 0.15) is 17.5 Å². The predicted molar refractivity (Wildman–Crippen MR) is 118 cm³/mol. The quantitative estimate of drug-likeness (QED) is 0.674. The third-order valence-electron chi connectivity index (χ3n) is 5.27. The standard InChI is InChI=1S/C22H29N3O4S/c1-4-23-14-16-24(17-15-23)22(26)18(2)25(30(3,27)28)19-10-12-21(13-11-19)29-20-8-6-5-7-9-20/h5-13,18H,4,14-17H2,1-3H3. The summed E-state index contributed by atoms with van der Waals surface area (Å²) in [6.45, 7) is 7.51. The summed E-state index contributed by atoms with van der Waals surface area (Å²) in [5, 5.41) is 0. The zero-order valence-electron chi connectivity index (χ0n) is 17.7. The fraction of sp³-hybridized carbons (Fsp3) is 0.409. The van der Waals surface area contributed by atoms with Crippen LogP contribution in [-0.4, -0.2) is 69.1 Å².